The normalized spacial score (nSPS) is 13.8. The van der Waals surface area contributed by atoms with Crippen LogP contribution in [0.5, 0.6) is 0 Å². The molecule has 0 fully saturated rings. The van der Waals surface area contributed by atoms with Gasteiger partial charge in [-0.2, -0.15) is 0 Å². The van der Waals surface area contributed by atoms with E-state index in [-0.39, 0.29) is 5.82 Å². The highest BCUT2D eigenvalue weighted by Crippen LogP contribution is 2.27. The molecule has 0 atom stereocenters. The largest absolute Gasteiger partial charge is 0.303 e. The van der Waals surface area contributed by atoms with E-state index in [1.807, 2.05) is 6.07 Å². The van der Waals surface area contributed by atoms with Gasteiger partial charge in [-0.05, 0) is 36.2 Å². The van der Waals surface area contributed by atoms with Crippen molar-refractivity contribution in [3.8, 4) is 0 Å². The molecular formula is C15H15FN2. The van der Waals surface area contributed by atoms with Gasteiger partial charge in [0, 0.05) is 6.54 Å². The summed E-state index contributed by atoms with van der Waals surface area (Å²) < 4.78 is 13.2. The molecule has 18 heavy (non-hydrogen) atoms. The Kier molecular flexibility index (Phi) is 2.76. The van der Waals surface area contributed by atoms with Gasteiger partial charge in [-0.1, -0.05) is 29.8 Å². The molecule has 1 aliphatic heterocycles. The number of anilines is 1. The van der Waals surface area contributed by atoms with E-state index >= 15 is 0 Å². The molecule has 0 bridgehead atoms. The molecule has 92 valence electrons. The van der Waals surface area contributed by atoms with Crippen LogP contribution in [0.3, 0.4) is 0 Å². The lowest BCUT2D eigenvalue weighted by Gasteiger charge is -2.19. The lowest BCUT2D eigenvalue weighted by Crippen LogP contribution is -2.31. The first-order valence-corrected chi connectivity index (χ1v) is 6.07. The van der Waals surface area contributed by atoms with Crippen molar-refractivity contribution in [3.05, 3.63) is 65.0 Å². The second-order valence-corrected chi connectivity index (χ2v) is 4.68. The molecule has 0 radical (unpaired) electrons. The van der Waals surface area contributed by atoms with Crippen LogP contribution in [0.1, 0.15) is 16.7 Å². The van der Waals surface area contributed by atoms with E-state index in [2.05, 4.69) is 35.6 Å². The Morgan fingerprint density at radius 2 is 2.11 bits per heavy atom. The smallest absolute Gasteiger partial charge is 0.123 e. The minimum Gasteiger partial charge on any atom is -0.303 e. The zero-order valence-electron chi connectivity index (χ0n) is 10.3. The minimum atomic E-state index is -0.184. The zero-order valence-corrected chi connectivity index (χ0v) is 10.3. The number of hydrogen-bond acceptors (Lipinski definition) is 2. The number of benzene rings is 2. The monoisotopic (exact) mass is 242 g/mol. The van der Waals surface area contributed by atoms with Gasteiger partial charge in [-0.15, -0.1) is 0 Å². The van der Waals surface area contributed by atoms with Gasteiger partial charge in [0.05, 0.1) is 12.2 Å². The Balaban J connectivity index is 1.85. The molecule has 0 saturated carbocycles. The van der Waals surface area contributed by atoms with Crippen molar-refractivity contribution in [1.82, 2.24) is 5.43 Å². The van der Waals surface area contributed by atoms with Crippen LogP contribution in [-0.4, -0.2) is 0 Å². The Hall–Kier alpha value is -1.87. The van der Waals surface area contributed by atoms with Crippen molar-refractivity contribution in [2.75, 3.05) is 5.01 Å². The second-order valence-electron chi connectivity index (χ2n) is 4.68. The number of nitrogens with zero attached hydrogens (tertiary/aromatic N) is 1. The first-order valence-electron chi connectivity index (χ1n) is 6.07. The summed E-state index contributed by atoms with van der Waals surface area (Å²) in [4.78, 5) is 0. The molecule has 2 nitrogen and oxygen atoms in total. The summed E-state index contributed by atoms with van der Waals surface area (Å²) in [5, 5.41) is 2.07. The molecule has 0 aliphatic carbocycles. The molecule has 3 rings (SSSR count). The second kappa shape index (κ2) is 4.42. The van der Waals surface area contributed by atoms with Crippen LogP contribution < -0.4 is 10.4 Å². The van der Waals surface area contributed by atoms with Crippen molar-refractivity contribution in [2.45, 2.75) is 20.0 Å². The van der Waals surface area contributed by atoms with Crippen molar-refractivity contribution >= 4 is 5.69 Å². The molecule has 0 spiro atoms. The number of hydrazine groups is 1. The predicted molar refractivity (Wildman–Crippen MR) is 70.6 cm³/mol. The molecule has 0 amide bonds. The zero-order chi connectivity index (χ0) is 12.5. The Bertz CT molecular complexity index is 580. The van der Waals surface area contributed by atoms with Crippen LogP contribution in [0.2, 0.25) is 0 Å². The average Bonchev–Trinajstić information content (AvgIpc) is 2.72. The highest BCUT2D eigenvalue weighted by atomic mass is 19.1. The molecule has 1 N–H and O–H groups in total. The molecule has 0 unspecified atom stereocenters. The van der Waals surface area contributed by atoms with Gasteiger partial charge in [-0.3, -0.25) is 0 Å². The van der Waals surface area contributed by atoms with Gasteiger partial charge in [0.25, 0.3) is 0 Å². The van der Waals surface area contributed by atoms with E-state index in [0.29, 0.717) is 6.54 Å². The van der Waals surface area contributed by atoms with Gasteiger partial charge < -0.3 is 5.01 Å². The van der Waals surface area contributed by atoms with Crippen LogP contribution in [0.4, 0.5) is 10.1 Å². The van der Waals surface area contributed by atoms with Crippen molar-refractivity contribution < 1.29 is 4.39 Å². The summed E-state index contributed by atoms with van der Waals surface area (Å²) in [6.45, 7) is 3.61. The lowest BCUT2D eigenvalue weighted by atomic mass is 10.1. The highest BCUT2D eigenvalue weighted by molar-refractivity contribution is 5.57. The van der Waals surface area contributed by atoms with Gasteiger partial charge in [0.15, 0.2) is 0 Å². The SMILES string of the molecule is Cc1ccc2c(c1)CNN2Cc1cccc(F)c1. The topological polar surface area (TPSA) is 15.3 Å². The summed E-state index contributed by atoms with van der Waals surface area (Å²) in [6, 6.07) is 13.1. The van der Waals surface area contributed by atoms with Crippen LogP contribution >= 0.6 is 0 Å². The fourth-order valence-corrected chi connectivity index (χ4v) is 2.34. The number of nitrogens with one attached hydrogen (secondary N) is 1. The summed E-state index contributed by atoms with van der Waals surface area (Å²) in [5.74, 6) is -0.184. The molecule has 0 aromatic heterocycles. The van der Waals surface area contributed by atoms with Gasteiger partial charge in [-0.25, -0.2) is 9.82 Å². The Morgan fingerprint density at radius 1 is 1.22 bits per heavy atom. The third kappa shape index (κ3) is 2.09. The number of halogens is 1. The molecule has 3 heteroatoms. The maximum Gasteiger partial charge on any atom is 0.123 e. The third-order valence-electron chi connectivity index (χ3n) is 3.22. The van der Waals surface area contributed by atoms with Gasteiger partial charge >= 0.3 is 0 Å². The van der Waals surface area contributed by atoms with Crippen molar-refractivity contribution in [3.63, 3.8) is 0 Å². The van der Waals surface area contributed by atoms with Crippen molar-refractivity contribution in [1.29, 1.82) is 0 Å². The van der Waals surface area contributed by atoms with E-state index in [1.165, 1.54) is 22.9 Å². The van der Waals surface area contributed by atoms with Crippen LogP contribution in [-0.2, 0) is 13.1 Å². The van der Waals surface area contributed by atoms with E-state index < -0.39 is 0 Å². The minimum absolute atomic E-state index is 0.184. The third-order valence-corrected chi connectivity index (χ3v) is 3.22. The molecule has 1 heterocycles. The van der Waals surface area contributed by atoms with Crippen LogP contribution in [0.15, 0.2) is 42.5 Å². The first-order chi connectivity index (χ1) is 8.72. The summed E-state index contributed by atoms with van der Waals surface area (Å²) >= 11 is 0. The Morgan fingerprint density at radius 3 is 2.94 bits per heavy atom. The van der Waals surface area contributed by atoms with E-state index in [9.17, 15) is 4.39 Å². The first kappa shape index (κ1) is 11.2. The lowest BCUT2D eigenvalue weighted by molar-refractivity contribution is 0.620. The average molecular weight is 242 g/mol. The van der Waals surface area contributed by atoms with Gasteiger partial charge in [0.1, 0.15) is 5.82 Å². The Labute approximate surface area is 106 Å². The van der Waals surface area contributed by atoms with E-state index in [1.54, 1.807) is 12.1 Å². The molecule has 2 aromatic rings. The van der Waals surface area contributed by atoms with Crippen LogP contribution in [0, 0.1) is 12.7 Å². The molecule has 2 aromatic carbocycles. The number of hydrogen-bond donors (Lipinski definition) is 1. The maximum atomic E-state index is 13.2. The molecule has 0 saturated heterocycles. The predicted octanol–water partition coefficient (Wildman–Crippen LogP) is 3.16. The van der Waals surface area contributed by atoms with Crippen LogP contribution in [0.25, 0.3) is 0 Å². The number of rotatable bonds is 2. The fraction of sp³-hybridized carbons (Fsp3) is 0.200. The van der Waals surface area contributed by atoms with Crippen molar-refractivity contribution in [2.24, 2.45) is 0 Å². The number of aryl methyl sites for hydroxylation is 1. The maximum absolute atomic E-state index is 13.2. The summed E-state index contributed by atoms with van der Waals surface area (Å²) in [5.41, 5.74) is 8.05. The number of fused-ring (bicyclic) bond motifs is 1. The van der Waals surface area contributed by atoms with Gasteiger partial charge in [0.2, 0.25) is 0 Å². The fourth-order valence-electron chi connectivity index (χ4n) is 2.34. The summed E-state index contributed by atoms with van der Waals surface area (Å²) in [7, 11) is 0. The quantitative estimate of drug-likeness (QED) is 0.870. The van der Waals surface area contributed by atoms with E-state index in [0.717, 1.165) is 12.1 Å². The summed E-state index contributed by atoms with van der Waals surface area (Å²) in [6.07, 6.45) is 0. The molecular weight excluding hydrogens is 227 g/mol. The van der Waals surface area contributed by atoms with E-state index in [4.69, 9.17) is 0 Å². The molecule has 1 aliphatic rings. The highest BCUT2D eigenvalue weighted by Gasteiger charge is 2.18. The standard InChI is InChI=1S/C15H15FN2/c1-11-5-6-15-13(7-11)9-17-18(15)10-12-3-2-4-14(16)8-12/h2-8,17H,9-10H2,1H3.